The lowest BCUT2D eigenvalue weighted by molar-refractivity contribution is -0.142. The third-order valence-electron chi connectivity index (χ3n) is 5.86. The molecule has 1 unspecified atom stereocenters. The molecular formula is C20H17ClF5NO6S2. The first kappa shape index (κ1) is 27.3. The Hall–Kier alpha value is -2.29. The molecule has 0 saturated heterocycles. The van der Waals surface area contributed by atoms with Crippen molar-refractivity contribution < 1.29 is 48.7 Å². The zero-order valence-electron chi connectivity index (χ0n) is 17.6. The van der Waals surface area contributed by atoms with Crippen LogP contribution in [-0.4, -0.2) is 49.8 Å². The normalized spacial score (nSPS) is 22.0. The summed E-state index contributed by atoms with van der Waals surface area (Å²) in [6.45, 7) is 0.683. The summed E-state index contributed by atoms with van der Waals surface area (Å²) in [5.41, 5.74) is -6.62. The van der Waals surface area contributed by atoms with Crippen molar-refractivity contribution in [3.05, 3.63) is 64.7 Å². The molecule has 2 aromatic rings. The maximum atomic E-state index is 14.8. The van der Waals surface area contributed by atoms with Crippen molar-refractivity contribution in [3.8, 4) is 0 Å². The number of benzene rings is 2. The van der Waals surface area contributed by atoms with Crippen LogP contribution in [0.5, 0.6) is 0 Å². The Bertz CT molecular complexity index is 1360. The van der Waals surface area contributed by atoms with E-state index < -0.39 is 83.1 Å². The van der Waals surface area contributed by atoms with Crippen molar-refractivity contribution >= 4 is 37.4 Å². The molecule has 1 fully saturated rings. The summed E-state index contributed by atoms with van der Waals surface area (Å²) in [5.74, 6) is -4.17. The zero-order chi connectivity index (χ0) is 26.6. The highest BCUT2D eigenvalue weighted by molar-refractivity contribution is 7.92. The molecule has 35 heavy (non-hydrogen) atoms. The Kier molecular flexibility index (Phi) is 7.00. The first-order valence-electron chi connectivity index (χ1n) is 9.74. The summed E-state index contributed by atoms with van der Waals surface area (Å²) in [7, 11) is -10.9. The van der Waals surface area contributed by atoms with E-state index in [1.54, 1.807) is 0 Å². The Morgan fingerprint density at radius 1 is 1.09 bits per heavy atom. The second-order valence-corrected chi connectivity index (χ2v) is 12.5. The van der Waals surface area contributed by atoms with Gasteiger partial charge in [-0.25, -0.2) is 25.6 Å². The number of hydrogen-bond acceptors (Lipinski definition) is 5. The van der Waals surface area contributed by atoms with Gasteiger partial charge in [-0.3, -0.25) is 4.79 Å². The highest BCUT2D eigenvalue weighted by Crippen LogP contribution is 2.54. The fourth-order valence-electron chi connectivity index (χ4n) is 4.10. The molecule has 0 aromatic heterocycles. The van der Waals surface area contributed by atoms with Crippen LogP contribution in [0, 0.1) is 11.6 Å². The maximum absolute atomic E-state index is 14.8. The fraction of sp³-hybridized carbons (Fsp3) is 0.350. The van der Waals surface area contributed by atoms with Gasteiger partial charge in [-0.15, -0.1) is 0 Å². The second kappa shape index (κ2) is 8.98. The standard InChI is InChI=1S/C20H17ClF5NO6S2/c1-11(18(28)29)27(35(32,33)20(24,25)26)14-9-19(10-14,16-8-13(22)4-7-17(16)23)34(30,31)15-5-2-12(21)3-6-15/h2-8,11,14H,9-10H2,1H3,(H,28,29)/t11?,14-,19-. The lowest BCUT2D eigenvalue weighted by atomic mass is 9.74. The molecule has 0 amide bonds. The smallest absolute Gasteiger partial charge is 0.480 e. The second-order valence-electron chi connectivity index (χ2n) is 7.93. The third kappa shape index (κ3) is 4.52. The van der Waals surface area contributed by atoms with Crippen LogP contribution in [0.1, 0.15) is 25.3 Å². The Morgan fingerprint density at radius 2 is 1.63 bits per heavy atom. The molecular weight excluding hydrogens is 545 g/mol. The maximum Gasteiger partial charge on any atom is 0.511 e. The van der Waals surface area contributed by atoms with Gasteiger partial charge in [0.2, 0.25) is 0 Å². The van der Waals surface area contributed by atoms with Crippen LogP contribution in [-0.2, 0) is 29.4 Å². The molecule has 1 aliphatic carbocycles. The minimum atomic E-state index is -6.24. The predicted molar refractivity (Wildman–Crippen MR) is 114 cm³/mol. The number of carboxylic acid groups (broad SMARTS) is 1. The molecule has 0 radical (unpaired) electrons. The van der Waals surface area contributed by atoms with Gasteiger partial charge in [-0.2, -0.15) is 17.5 Å². The van der Waals surface area contributed by atoms with Crippen LogP contribution in [0.25, 0.3) is 0 Å². The van der Waals surface area contributed by atoms with Gasteiger partial charge in [0.05, 0.1) is 4.90 Å². The molecule has 0 spiro atoms. The lowest BCUT2D eigenvalue weighted by Crippen LogP contribution is -2.63. The topological polar surface area (TPSA) is 109 Å². The zero-order valence-corrected chi connectivity index (χ0v) is 20.0. The van der Waals surface area contributed by atoms with Crippen LogP contribution in [0.15, 0.2) is 47.4 Å². The summed E-state index contributed by atoms with van der Waals surface area (Å²) in [6.07, 6.45) is -1.93. The highest BCUT2D eigenvalue weighted by Gasteiger charge is 2.64. The van der Waals surface area contributed by atoms with E-state index in [4.69, 9.17) is 11.6 Å². The van der Waals surface area contributed by atoms with Crippen LogP contribution in [0.2, 0.25) is 5.02 Å². The first-order valence-corrected chi connectivity index (χ1v) is 13.0. The van der Waals surface area contributed by atoms with Gasteiger partial charge < -0.3 is 5.11 Å². The Balaban J connectivity index is 2.20. The average Bonchev–Trinajstić information content (AvgIpc) is 2.71. The van der Waals surface area contributed by atoms with Crippen LogP contribution >= 0.6 is 11.6 Å². The predicted octanol–water partition coefficient (Wildman–Crippen LogP) is 4.07. The van der Waals surface area contributed by atoms with E-state index in [2.05, 4.69) is 0 Å². The molecule has 192 valence electrons. The molecule has 1 atom stereocenters. The summed E-state index contributed by atoms with van der Waals surface area (Å²) in [5, 5.41) is 9.37. The number of rotatable bonds is 7. The van der Waals surface area contributed by atoms with Crippen LogP contribution in [0.4, 0.5) is 22.0 Å². The molecule has 0 bridgehead atoms. The quantitative estimate of drug-likeness (QED) is 0.511. The number of sulfonamides is 1. The molecule has 1 aliphatic rings. The first-order chi connectivity index (χ1) is 16.0. The van der Waals surface area contributed by atoms with Crippen molar-refractivity contribution in [2.24, 2.45) is 0 Å². The summed E-state index contributed by atoms with van der Waals surface area (Å²) < 4.78 is 118. The van der Waals surface area contributed by atoms with E-state index in [1.165, 1.54) is 12.1 Å². The van der Waals surface area contributed by atoms with Crippen molar-refractivity contribution in [1.82, 2.24) is 4.31 Å². The number of nitrogens with zero attached hydrogens (tertiary/aromatic N) is 1. The largest absolute Gasteiger partial charge is 0.511 e. The number of alkyl halides is 3. The number of carbonyl (C=O) groups is 1. The van der Waals surface area contributed by atoms with Crippen molar-refractivity contribution in [2.75, 3.05) is 0 Å². The van der Waals surface area contributed by atoms with Gasteiger partial charge in [-0.1, -0.05) is 11.6 Å². The van der Waals surface area contributed by atoms with E-state index in [0.29, 0.717) is 25.1 Å². The molecule has 1 saturated carbocycles. The van der Waals surface area contributed by atoms with Crippen molar-refractivity contribution in [2.45, 2.75) is 47.0 Å². The van der Waals surface area contributed by atoms with Crippen LogP contribution < -0.4 is 0 Å². The molecule has 3 rings (SSSR count). The lowest BCUT2D eigenvalue weighted by Gasteiger charge is -2.51. The Morgan fingerprint density at radius 3 is 2.11 bits per heavy atom. The number of sulfone groups is 1. The number of carboxylic acids is 1. The summed E-state index contributed by atoms with van der Waals surface area (Å²) >= 11 is 5.77. The van der Waals surface area contributed by atoms with Crippen LogP contribution in [0.3, 0.4) is 0 Å². The van der Waals surface area contributed by atoms with E-state index in [1.807, 2.05) is 0 Å². The Labute approximate surface area is 202 Å². The highest BCUT2D eigenvalue weighted by atomic mass is 35.5. The van der Waals surface area contributed by atoms with Crippen molar-refractivity contribution in [3.63, 3.8) is 0 Å². The molecule has 7 nitrogen and oxygen atoms in total. The van der Waals surface area contributed by atoms with Gasteiger partial charge in [-0.05, 0) is 62.2 Å². The monoisotopic (exact) mass is 561 g/mol. The number of aliphatic carboxylic acids is 1. The fourth-order valence-corrected chi connectivity index (χ4v) is 7.73. The molecule has 15 heteroatoms. The molecule has 2 aromatic carbocycles. The van der Waals surface area contributed by atoms with Gasteiger partial charge in [0.1, 0.15) is 22.4 Å². The van der Waals surface area contributed by atoms with Crippen molar-refractivity contribution in [1.29, 1.82) is 0 Å². The summed E-state index contributed by atoms with van der Waals surface area (Å²) in [4.78, 5) is 11.0. The minimum Gasteiger partial charge on any atom is -0.480 e. The minimum absolute atomic E-state index is 0.138. The van der Waals surface area contributed by atoms with Gasteiger partial charge in [0, 0.05) is 16.6 Å². The SMILES string of the molecule is CC(C(=O)O)N([C@H]1C[C@](c2cc(F)ccc2F)(S(=O)(=O)c2ccc(Cl)cc2)C1)S(=O)(=O)C(F)(F)F. The van der Waals surface area contributed by atoms with E-state index in [0.717, 1.165) is 12.1 Å². The summed E-state index contributed by atoms with van der Waals surface area (Å²) in [6, 6.07) is 2.31. The molecule has 1 N–H and O–H groups in total. The van der Waals surface area contributed by atoms with Gasteiger partial charge in [0.25, 0.3) is 0 Å². The number of halogens is 6. The van der Waals surface area contributed by atoms with Gasteiger partial charge >= 0.3 is 21.5 Å². The molecule has 0 heterocycles. The van der Waals surface area contributed by atoms with E-state index >= 15 is 0 Å². The third-order valence-corrected chi connectivity index (χ3v) is 10.3. The molecule has 0 aliphatic heterocycles. The van der Waals surface area contributed by atoms with E-state index in [9.17, 15) is 48.7 Å². The van der Waals surface area contributed by atoms with E-state index in [-0.39, 0.29) is 9.33 Å². The van der Waals surface area contributed by atoms with Gasteiger partial charge in [0.15, 0.2) is 9.84 Å². The average molecular weight is 562 g/mol. The number of hydrogen-bond donors (Lipinski definition) is 1.